The lowest BCUT2D eigenvalue weighted by Crippen LogP contribution is -2.57. The van der Waals surface area contributed by atoms with Crippen LogP contribution in [0.3, 0.4) is 0 Å². The average molecular weight is 418 g/mol. The van der Waals surface area contributed by atoms with Crippen molar-refractivity contribution in [1.82, 2.24) is 15.5 Å². The molecule has 31 heavy (non-hydrogen) atoms. The van der Waals surface area contributed by atoms with Crippen LogP contribution >= 0.6 is 0 Å². The zero-order chi connectivity index (χ0) is 21.5. The third-order valence-electron chi connectivity index (χ3n) is 7.49. The van der Waals surface area contributed by atoms with Gasteiger partial charge in [-0.3, -0.25) is 9.59 Å². The third kappa shape index (κ3) is 3.55. The highest BCUT2D eigenvalue weighted by Crippen LogP contribution is 2.43. The first-order valence-corrected chi connectivity index (χ1v) is 11.6. The Morgan fingerprint density at radius 2 is 2.00 bits per heavy atom. The minimum absolute atomic E-state index is 0.0513. The summed E-state index contributed by atoms with van der Waals surface area (Å²) in [6.45, 7) is 5.84. The van der Waals surface area contributed by atoms with E-state index in [-0.39, 0.29) is 30.0 Å². The van der Waals surface area contributed by atoms with Crippen LogP contribution in [0.1, 0.15) is 70.9 Å². The van der Waals surface area contributed by atoms with Crippen LogP contribution in [0.2, 0.25) is 0 Å². The number of carbonyl (C=O) groups is 2. The van der Waals surface area contributed by atoms with Gasteiger partial charge in [0.25, 0.3) is 5.91 Å². The molecule has 0 aromatic heterocycles. The van der Waals surface area contributed by atoms with Gasteiger partial charge in [0.15, 0.2) is 0 Å². The Balaban J connectivity index is 1.44. The van der Waals surface area contributed by atoms with Gasteiger partial charge in [-0.1, -0.05) is 36.4 Å². The first-order chi connectivity index (χ1) is 15.0. The van der Waals surface area contributed by atoms with Crippen molar-refractivity contribution in [2.75, 3.05) is 13.1 Å². The van der Waals surface area contributed by atoms with E-state index in [4.69, 9.17) is 0 Å². The fourth-order valence-corrected chi connectivity index (χ4v) is 5.82. The molecule has 2 fully saturated rings. The molecule has 5 rings (SSSR count). The molecule has 2 amide bonds. The predicted octanol–water partition coefficient (Wildman–Crippen LogP) is 3.68. The molecule has 0 bridgehead atoms. The van der Waals surface area contributed by atoms with Crippen LogP contribution in [0.5, 0.6) is 0 Å². The smallest absolute Gasteiger partial charge is 0.252 e. The van der Waals surface area contributed by atoms with E-state index in [0.717, 1.165) is 55.5 Å². The van der Waals surface area contributed by atoms with E-state index in [1.807, 2.05) is 43.3 Å². The number of carbonyl (C=O) groups excluding carboxylic acids is 2. The van der Waals surface area contributed by atoms with Gasteiger partial charge in [0, 0.05) is 18.2 Å². The van der Waals surface area contributed by atoms with Gasteiger partial charge >= 0.3 is 0 Å². The van der Waals surface area contributed by atoms with E-state index in [2.05, 4.69) is 28.5 Å². The van der Waals surface area contributed by atoms with Crippen LogP contribution in [0.15, 0.2) is 42.5 Å². The van der Waals surface area contributed by atoms with E-state index in [9.17, 15) is 9.59 Å². The standard InChI is InChI=1S/C26H31N3O2/c1-16-20(25(30)28-17(2)18-7-4-3-5-8-18)11-10-19-12-14-29-23(24(16)19)15-22-21(26(29)31)9-6-13-27-22/h3-5,7-8,10-11,17,21-23,27H,6,9,12-15H2,1-2H3,(H,28,30)/t17-,21-,22-,23-/m1/s1. The van der Waals surface area contributed by atoms with Gasteiger partial charge in [-0.15, -0.1) is 0 Å². The molecule has 0 radical (unpaired) electrons. The minimum Gasteiger partial charge on any atom is -0.346 e. The van der Waals surface area contributed by atoms with E-state index in [1.54, 1.807) is 0 Å². The van der Waals surface area contributed by atoms with Crippen molar-refractivity contribution in [2.24, 2.45) is 5.92 Å². The van der Waals surface area contributed by atoms with E-state index < -0.39 is 0 Å². The maximum atomic E-state index is 13.2. The maximum absolute atomic E-state index is 13.2. The van der Waals surface area contributed by atoms with Crippen LogP contribution in [-0.2, 0) is 11.2 Å². The van der Waals surface area contributed by atoms with Crippen molar-refractivity contribution in [3.63, 3.8) is 0 Å². The Morgan fingerprint density at radius 1 is 1.19 bits per heavy atom. The number of benzene rings is 2. The lowest BCUT2D eigenvalue weighted by atomic mass is 9.75. The summed E-state index contributed by atoms with van der Waals surface area (Å²) in [7, 11) is 0. The zero-order valence-electron chi connectivity index (χ0n) is 18.4. The summed E-state index contributed by atoms with van der Waals surface area (Å²) >= 11 is 0. The van der Waals surface area contributed by atoms with Crippen LogP contribution in [-0.4, -0.2) is 35.8 Å². The van der Waals surface area contributed by atoms with Gasteiger partial charge in [0.1, 0.15) is 0 Å². The zero-order valence-corrected chi connectivity index (χ0v) is 18.4. The Kier molecular flexibility index (Phi) is 5.30. The second-order valence-corrected chi connectivity index (χ2v) is 9.26. The molecule has 5 nitrogen and oxygen atoms in total. The molecule has 0 unspecified atom stereocenters. The Hall–Kier alpha value is -2.66. The predicted molar refractivity (Wildman–Crippen MR) is 121 cm³/mol. The highest BCUT2D eigenvalue weighted by atomic mass is 16.2. The number of rotatable bonds is 3. The molecule has 2 N–H and O–H groups in total. The van der Waals surface area contributed by atoms with Gasteiger partial charge in [-0.05, 0) is 74.4 Å². The molecule has 3 aliphatic rings. The molecule has 4 atom stereocenters. The highest BCUT2D eigenvalue weighted by Gasteiger charge is 2.45. The lowest BCUT2D eigenvalue weighted by molar-refractivity contribution is -0.145. The first-order valence-electron chi connectivity index (χ1n) is 11.6. The minimum atomic E-state index is -0.0657. The van der Waals surface area contributed by atoms with Gasteiger partial charge < -0.3 is 15.5 Å². The monoisotopic (exact) mass is 417 g/mol. The van der Waals surface area contributed by atoms with Gasteiger partial charge in [-0.2, -0.15) is 0 Å². The third-order valence-corrected chi connectivity index (χ3v) is 7.49. The SMILES string of the molecule is Cc1c(C(=O)N[C@H](C)c2ccccc2)ccc2c1[C@H]1C[C@H]3NCCC[C@H]3C(=O)N1CC2. The van der Waals surface area contributed by atoms with Gasteiger partial charge in [0.2, 0.25) is 5.91 Å². The highest BCUT2D eigenvalue weighted by molar-refractivity contribution is 5.96. The summed E-state index contributed by atoms with van der Waals surface area (Å²) in [5.74, 6) is 0.362. The average Bonchev–Trinajstić information content (AvgIpc) is 2.79. The molecule has 2 aromatic rings. The molecule has 3 aliphatic heterocycles. The van der Waals surface area contributed by atoms with E-state index in [1.165, 1.54) is 11.1 Å². The van der Waals surface area contributed by atoms with E-state index in [0.29, 0.717) is 5.91 Å². The summed E-state index contributed by atoms with van der Waals surface area (Å²) in [5, 5.41) is 6.74. The summed E-state index contributed by atoms with van der Waals surface area (Å²) in [6, 6.07) is 14.3. The second-order valence-electron chi connectivity index (χ2n) is 9.26. The summed E-state index contributed by atoms with van der Waals surface area (Å²) in [6.07, 6.45) is 3.87. The van der Waals surface area contributed by atoms with Gasteiger partial charge in [-0.25, -0.2) is 0 Å². The Bertz CT molecular complexity index is 1000. The number of hydrogen-bond donors (Lipinski definition) is 2. The molecule has 3 heterocycles. The van der Waals surface area contributed by atoms with Crippen molar-refractivity contribution in [1.29, 1.82) is 0 Å². The largest absolute Gasteiger partial charge is 0.346 e. The summed E-state index contributed by atoms with van der Waals surface area (Å²) in [5.41, 5.74) is 5.31. The summed E-state index contributed by atoms with van der Waals surface area (Å²) in [4.78, 5) is 28.5. The van der Waals surface area contributed by atoms with Gasteiger partial charge in [0.05, 0.1) is 18.0 Å². The normalized spacial score (nSPS) is 25.8. The molecule has 2 saturated heterocycles. The fraction of sp³-hybridized carbons (Fsp3) is 0.462. The van der Waals surface area contributed by atoms with Crippen LogP contribution in [0.4, 0.5) is 0 Å². The van der Waals surface area contributed by atoms with Crippen molar-refractivity contribution < 1.29 is 9.59 Å². The van der Waals surface area contributed by atoms with Crippen LogP contribution in [0.25, 0.3) is 0 Å². The van der Waals surface area contributed by atoms with Crippen molar-refractivity contribution in [2.45, 2.75) is 57.7 Å². The maximum Gasteiger partial charge on any atom is 0.252 e. The molecular weight excluding hydrogens is 386 g/mol. The molecule has 0 spiro atoms. The number of hydrogen-bond acceptors (Lipinski definition) is 3. The van der Waals surface area contributed by atoms with Crippen molar-refractivity contribution in [3.05, 3.63) is 70.3 Å². The number of nitrogens with one attached hydrogen (secondary N) is 2. The molecular formula is C26H31N3O2. The molecule has 2 aromatic carbocycles. The fourth-order valence-electron chi connectivity index (χ4n) is 5.82. The molecule has 0 aliphatic carbocycles. The number of nitrogens with zero attached hydrogens (tertiary/aromatic N) is 1. The lowest BCUT2D eigenvalue weighted by Gasteiger charge is -2.49. The Labute approximate surface area is 184 Å². The quantitative estimate of drug-likeness (QED) is 0.801. The summed E-state index contributed by atoms with van der Waals surface area (Å²) < 4.78 is 0. The van der Waals surface area contributed by atoms with Crippen LogP contribution in [0, 0.1) is 12.8 Å². The topological polar surface area (TPSA) is 61.4 Å². The molecule has 162 valence electrons. The number of amides is 2. The van der Waals surface area contributed by atoms with Crippen LogP contribution < -0.4 is 10.6 Å². The van der Waals surface area contributed by atoms with E-state index >= 15 is 0 Å². The van der Waals surface area contributed by atoms with Crippen molar-refractivity contribution in [3.8, 4) is 0 Å². The second kappa shape index (κ2) is 8.12. The molecule has 0 saturated carbocycles. The number of fused-ring (bicyclic) bond motifs is 4. The first kappa shape index (κ1) is 20.3. The molecule has 5 heteroatoms. The Morgan fingerprint density at radius 3 is 2.81 bits per heavy atom. The number of piperidine rings is 2. The van der Waals surface area contributed by atoms with Crippen molar-refractivity contribution >= 4 is 11.8 Å².